The van der Waals surface area contributed by atoms with Crippen LogP contribution in [0.1, 0.15) is 9.67 Å². The molecule has 0 radical (unpaired) electrons. The molecule has 0 atom stereocenters. The van der Waals surface area contributed by atoms with Crippen molar-refractivity contribution in [1.29, 1.82) is 0 Å². The molecule has 1 aromatic rings. The molecular formula is C8H7F3O4S. The lowest BCUT2D eigenvalue weighted by Gasteiger charge is -2.07. The van der Waals surface area contributed by atoms with Gasteiger partial charge in [-0.15, -0.1) is 11.3 Å². The average molecular weight is 256 g/mol. The summed E-state index contributed by atoms with van der Waals surface area (Å²) in [4.78, 5) is 10.5. The lowest BCUT2D eigenvalue weighted by atomic mass is 10.4. The highest BCUT2D eigenvalue weighted by atomic mass is 32.1. The Morgan fingerprint density at radius 1 is 1.50 bits per heavy atom. The monoisotopic (exact) mass is 256 g/mol. The second-order valence-electron chi connectivity index (χ2n) is 2.68. The van der Waals surface area contributed by atoms with Crippen LogP contribution in [0.2, 0.25) is 0 Å². The number of carbonyl (C=O) groups is 1. The van der Waals surface area contributed by atoms with Crippen molar-refractivity contribution < 1.29 is 32.5 Å². The first-order chi connectivity index (χ1) is 7.38. The van der Waals surface area contributed by atoms with E-state index in [0.29, 0.717) is 0 Å². The number of hydrogen-bond donors (Lipinski definition) is 1. The van der Waals surface area contributed by atoms with Crippen molar-refractivity contribution in [2.75, 3.05) is 13.4 Å². The van der Waals surface area contributed by atoms with Crippen LogP contribution in [0.5, 0.6) is 5.75 Å². The number of aromatic carboxylic acids is 1. The van der Waals surface area contributed by atoms with Gasteiger partial charge in [0.2, 0.25) is 0 Å². The van der Waals surface area contributed by atoms with Crippen molar-refractivity contribution in [3.63, 3.8) is 0 Å². The van der Waals surface area contributed by atoms with Crippen LogP contribution in [0.15, 0.2) is 11.4 Å². The van der Waals surface area contributed by atoms with E-state index in [9.17, 15) is 18.0 Å². The number of halogens is 3. The first kappa shape index (κ1) is 12.8. The lowest BCUT2D eigenvalue weighted by molar-refractivity contribution is -0.186. The number of alkyl halides is 3. The van der Waals surface area contributed by atoms with Gasteiger partial charge in [0.05, 0.1) is 0 Å². The Kier molecular flexibility index (Phi) is 4.13. The van der Waals surface area contributed by atoms with Gasteiger partial charge >= 0.3 is 12.1 Å². The van der Waals surface area contributed by atoms with Crippen molar-refractivity contribution in [2.45, 2.75) is 6.18 Å². The quantitative estimate of drug-likeness (QED) is 0.649. The topological polar surface area (TPSA) is 55.8 Å². The standard InChI is InChI=1S/C8H7F3O4S/c9-8(10,11)3-14-4-15-5-1-6(7(12)13)16-2-5/h1-2H,3-4H2,(H,12,13). The van der Waals surface area contributed by atoms with Crippen molar-refractivity contribution in [3.8, 4) is 5.75 Å². The highest BCUT2D eigenvalue weighted by molar-refractivity contribution is 7.12. The highest BCUT2D eigenvalue weighted by Gasteiger charge is 2.27. The second kappa shape index (κ2) is 5.17. The predicted octanol–water partition coefficient (Wildman–Crippen LogP) is 2.36. The molecular weight excluding hydrogens is 249 g/mol. The van der Waals surface area contributed by atoms with Gasteiger partial charge in [0.1, 0.15) is 17.2 Å². The summed E-state index contributed by atoms with van der Waals surface area (Å²) in [5, 5.41) is 9.93. The van der Waals surface area contributed by atoms with Crippen LogP contribution in [-0.4, -0.2) is 30.7 Å². The van der Waals surface area contributed by atoms with Crippen LogP contribution in [-0.2, 0) is 4.74 Å². The number of ether oxygens (including phenoxy) is 2. The molecule has 0 spiro atoms. The fraction of sp³-hybridized carbons (Fsp3) is 0.375. The molecule has 0 unspecified atom stereocenters. The molecule has 0 saturated heterocycles. The molecule has 1 heterocycles. The summed E-state index contributed by atoms with van der Waals surface area (Å²) in [5.41, 5.74) is 0. The summed E-state index contributed by atoms with van der Waals surface area (Å²) in [6, 6.07) is 1.21. The Morgan fingerprint density at radius 2 is 2.19 bits per heavy atom. The largest absolute Gasteiger partial charge is 0.477 e. The van der Waals surface area contributed by atoms with E-state index in [4.69, 9.17) is 9.84 Å². The lowest BCUT2D eigenvalue weighted by Crippen LogP contribution is -2.18. The van der Waals surface area contributed by atoms with Gasteiger partial charge in [0, 0.05) is 11.4 Å². The fourth-order valence-electron chi connectivity index (χ4n) is 0.774. The Morgan fingerprint density at radius 3 is 2.69 bits per heavy atom. The highest BCUT2D eigenvalue weighted by Crippen LogP contribution is 2.21. The number of carboxylic acid groups (broad SMARTS) is 1. The zero-order valence-corrected chi connectivity index (χ0v) is 8.60. The number of rotatable bonds is 5. The van der Waals surface area contributed by atoms with Gasteiger partial charge in [-0.25, -0.2) is 4.79 Å². The molecule has 0 aliphatic carbocycles. The Hall–Kier alpha value is -1.28. The van der Waals surface area contributed by atoms with Crippen molar-refractivity contribution in [2.24, 2.45) is 0 Å². The van der Waals surface area contributed by atoms with Crippen molar-refractivity contribution in [3.05, 3.63) is 16.3 Å². The van der Waals surface area contributed by atoms with Gasteiger partial charge in [0.15, 0.2) is 6.79 Å². The Balaban J connectivity index is 2.30. The summed E-state index contributed by atoms with van der Waals surface area (Å²) < 4.78 is 43.8. The Labute approximate surface area is 92.2 Å². The van der Waals surface area contributed by atoms with Gasteiger partial charge in [-0.1, -0.05) is 0 Å². The maximum atomic E-state index is 11.6. The van der Waals surface area contributed by atoms with E-state index in [2.05, 4.69) is 4.74 Å². The van der Waals surface area contributed by atoms with Crippen LogP contribution in [0.25, 0.3) is 0 Å². The first-order valence-corrected chi connectivity index (χ1v) is 4.85. The summed E-state index contributed by atoms with van der Waals surface area (Å²) in [6.45, 7) is -1.97. The second-order valence-corrected chi connectivity index (χ2v) is 3.59. The fourth-order valence-corrected chi connectivity index (χ4v) is 1.44. The van der Waals surface area contributed by atoms with E-state index in [1.807, 2.05) is 0 Å². The van der Waals surface area contributed by atoms with Crippen molar-refractivity contribution in [1.82, 2.24) is 0 Å². The summed E-state index contributed by atoms with van der Waals surface area (Å²) in [5.74, 6) is -0.944. The van der Waals surface area contributed by atoms with Crippen LogP contribution >= 0.6 is 11.3 Å². The molecule has 1 aromatic heterocycles. The normalized spacial score (nSPS) is 11.4. The van der Waals surface area contributed by atoms with Gasteiger partial charge in [-0.2, -0.15) is 13.2 Å². The molecule has 0 amide bonds. The van der Waals surface area contributed by atoms with E-state index in [-0.39, 0.29) is 10.6 Å². The third kappa shape index (κ3) is 4.49. The van der Waals surface area contributed by atoms with Crippen LogP contribution in [0, 0.1) is 0 Å². The molecule has 0 aliphatic rings. The van der Waals surface area contributed by atoms with Gasteiger partial charge in [-0.3, -0.25) is 0 Å². The van der Waals surface area contributed by atoms with Gasteiger partial charge in [0.25, 0.3) is 0 Å². The van der Waals surface area contributed by atoms with Crippen LogP contribution in [0.3, 0.4) is 0 Å². The summed E-state index contributed by atoms with van der Waals surface area (Å²) in [7, 11) is 0. The van der Waals surface area contributed by atoms with Crippen LogP contribution < -0.4 is 4.74 Å². The number of thiophene rings is 1. The third-order valence-corrected chi connectivity index (χ3v) is 2.26. The average Bonchev–Trinajstić information content (AvgIpc) is 2.59. The van der Waals surface area contributed by atoms with E-state index < -0.39 is 25.5 Å². The number of carboxylic acids is 1. The van der Waals surface area contributed by atoms with E-state index in [1.54, 1.807) is 0 Å². The first-order valence-electron chi connectivity index (χ1n) is 3.97. The molecule has 8 heteroatoms. The van der Waals surface area contributed by atoms with E-state index >= 15 is 0 Å². The van der Waals surface area contributed by atoms with E-state index in [0.717, 1.165) is 11.3 Å². The molecule has 1 rings (SSSR count). The minimum absolute atomic E-state index is 0.0471. The Bertz CT molecular complexity index is 360. The predicted molar refractivity (Wildman–Crippen MR) is 48.8 cm³/mol. The maximum absolute atomic E-state index is 11.6. The van der Waals surface area contributed by atoms with Crippen molar-refractivity contribution >= 4 is 17.3 Å². The maximum Gasteiger partial charge on any atom is 0.411 e. The SMILES string of the molecule is O=C(O)c1cc(OCOCC(F)(F)F)cs1. The van der Waals surface area contributed by atoms with Gasteiger partial charge < -0.3 is 14.6 Å². The summed E-state index contributed by atoms with van der Waals surface area (Å²) in [6.07, 6.45) is -4.40. The van der Waals surface area contributed by atoms with Crippen LogP contribution in [0.4, 0.5) is 13.2 Å². The molecule has 0 fully saturated rings. The minimum atomic E-state index is -4.40. The summed E-state index contributed by atoms with van der Waals surface area (Å²) >= 11 is 0.919. The molecule has 16 heavy (non-hydrogen) atoms. The molecule has 1 N–H and O–H groups in total. The molecule has 4 nitrogen and oxygen atoms in total. The number of hydrogen-bond acceptors (Lipinski definition) is 4. The zero-order chi connectivity index (χ0) is 12.2. The zero-order valence-electron chi connectivity index (χ0n) is 7.78. The van der Waals surface area contributed by atoms with Gasteiger partial charge in [-0.05, 0) is 0 Å². The van der Waals surface area contributed by atoms with E-state index in [1.165, 1.54) is 11.4 Å². The molecule has 0 saturated carbocycles. The molecule has 0 bridgehead atoms. The molecule has 90 valence electrons. The third-order valence-electron chi connectivity index (χ3n) is 1.36. The minimum Gasteiger partial charge on any atom is -0.477 e. The smallest absolute Gasteiger partial charge is 0.411 e. The molecule has 0 aliphatic heterocycles. The molecule has 0 aromatic carbocycles.